The summed E-state index contributed by atoms with van der Waals surface area (Å²) in [6, 6.07) is 0.297. The zero-order valence-corrected chi connectivity index (χ0v) is 22.6. The number of benzene rings is 1. The summed E-state index contributed by atoms with van der Waals surface area (Å²) in [5, 5.41) is 19.6. The second kappa shape index (κ2) is 9.87. The summed E-state index contributed by atoms with van der Waals surface area (Å²) in [7, 11) is 0. The number of hydrogen-bond donors (Lipinski definition) is 1. The van der Waals surface area contributed by atoms with Gasteiger partial charge < -0.3 is 10.0 Å². The smallest absolute Gasteiger partial charge is 0.460 e. The van der Waals surface area contributed by atoms with Gasteiger partial charge in [-0.15, -0.1) is 0 Å². The molecule has 4 rings (SSSR count). The highest BCUT2D eigenvalue weighted by Gasteiger charge is 2.94. The number of alkyl halides is 15. The van der Waals surface area contributed by atoms with Gasteiger partial charge in [0, 0.05) is 6.54 Å². The molecule has 1 N–H and O–H groups in total. The maximum Gasteiger partial charge on any atom is 0.460 e. The molecule has 1 amide bonds. The molecule has 254 valence electrons. The summed E-state index contributed by atoms with van der Waals surface area (Å²) < 4.78 is 206. The number of hydrogen-bond acceptors (Lipinski definition) is 4. The number of likely N-dealkylation sites (tertiary alicyclic amines) is 1. The summed E-state index contributed by atoms with van der Waals surface area (Å²) in [4.78, 5) is 25.2. The van der Waals surface area contributed by atoms with Crippen LogP contribution in [0.3, 0.4) is 0 Å². The van der Waals surface area contributed by atoms with Crippen molar-refractivity contribution in [3.8, 4) is 17.6 Å². The molecular weight excluding hydrogens is 701 g/mol. The molecule has 1 aromatic heterocycles. The first kappa shape index (κ1) is 35.1. The molecule has 2 aliphatic heterocycles. The van der Waals surface area contributed by atoms with Crippen LogP contribution >= 0.6 is 11.6 Å². The Bertz CT molecular complexity index is 1720. The van der Waals surface area contributed by atoms with E-state index in [-0.39, 0.29) is 21.8 Å². The van der Waals surface area contributed by atoms with E-state index in [9.17, 15) is 80.6 Å². The number of carbonyl (C=O) groups is 1. The van der Waals surface area contributed by atoms with Crippen LogP contribution < -0.4 is 5.69 Å². The van der Waals surface area contributed by atoms with E-state index < -0.39 is 94.8 Å². The third-order valence-corrected chi connectivity index (χ3v) is 8.12. The Morgan fingerprint density at radius 2 is 1.39 bits per heavy atom. The van der Waals surface area contributed by atoms with E-state index in [1.165, 1.54) is 6.92 Å². The van der Waals surface area contributed by atoms with Gasteiger partial charge in [0.15, 0.2) is 0 Å². The summed E-state index contributed by atoms with van der Waals surface area (Å²) in [5.41, 5.74) is -2.32. The van der Waals surface area contributed by atoms with Crippen molar-refractivity contribution in [1.82, 2.24) is 14.0 Å². The quantitative estimate of drug-likeness (QED) is 0.338. The first-order chi connectivity index (χ1) is 20.6. The van der Waals surface area contributed by atoms with E-state index in [0.29, 0.717) is 9.13 Å². The van der Waals surface area contributed by atoms with Crippen molar-refractivity contribution in [3.63, 3.8) is 0 Å². The topological polar surface area (TPSA) is 91.3 Å². The molecule has 2 aliphatic rings. The lowest BCUT2D eigenvalue weighted by molar-refractivity contribution is -0.450. The lowest BCUT2D eigenvalue weighted by Crippen LogP contribution is -2.74. The molecule has 46 heavy (non-hydrogen) atoms. The van der Waals surface area contributed by atoms with Gasteiger partial charge in [-0.3, -0.25) is 9.36 Å². The van der Waals surface area contributed by atoms with Crippen LogP contribution in [0.25, 0.3) is 5.69 Å². The van der Waals surface area contributed by atoms with Gasteiger partial charge in [0.2, 0.25) is 5.88 Å². The minimum absolute atomic E-state index is 0.0232. The third-order valence-electron chi connectivity index (χ3n) is 7.63. The van der Waals surface area contributed by atoms with Crippen LogP contribution in [-0.4, -0.2) is 73.3 Å². The predicted octanol–water partition coefficient (Wildman–Crippen LogP) is 6.38. The molecule has 2 bridgehead atoms. The average Bonchev–Trinajstić information content (AvgIpc) is 3.60. The highest BCUT2D eigenvalue weighted by molar-refractivity contribution is 6.32. The van der Waals surface area contributed by atoms with Crippen molar-refractivity contribution in [1.29, 1.82) is 5.26 Å². The number of amides is 1. The van der Waals surface area contributed by atoms with Crippen molar-refractivity contribution in [3.05, 3.63) is 44.5 Å². The number of carbonyl (C=O) groups excluding carboxylic acids is 1. The SMILES string of the molecule is Cc1c(-n2c(O)c3n(c2=O)C2CC3N(C(=O)C(F)(F)C(F)(F)C(F)(F)C(F)(F)C(F)(F)C(F)(F)C(F)(F)F)C2)ccc(C#N)c1Cl. The van der Waals surface area contributed by atoms with E-state index in [2.05, 4.69) is 0 Å². The molecule has 0 saturated carbocycles. The molecule has 1 aromatic carbocycles. The minimum atomic E-state index is -8.56. The Kier molecular flexibility index (Phi) is 7.53. The second-order valence-electron chi connectivity index (χ2n) is 10.2. The number of imidazole rings is 1. The average molecular weight is 713 g/mol. The van der Waals surface area contributed by atoms with E-state index >= 15 is 0 Å². The monoisotopic (exact) mass is 712 g/mol. The normalized spacial score (nSPS) is 19.4. The van der Waals surface area contributed by atoms with Crippen LogP contribution in [0.15, 0.2) is 16.9 Å². The van der Waals surface area contributed by atoms with E-state index in [1.54, 1.807) is 6.07 Å². The van der Waals surface area contributed by atoms with Crippen LogP contribution in [0, 0.1) is 18.3 Å². The van der Waals surface area contributed by atoms with E-state index in [0.717, 1.165) is 12.1 Å². The number of nitriles is 1. The predicted molar refractivity (Wildman–Crippen MR) is 120 cm³/mol. The van der Waals surface area contributed by atoms with E-state index in [1.807, 2.05) is 0 Å². The van der Waals surface area contributed by atoms with Crippen LogP contribution in [0.5, 0.6) is 5.88 Å². The fraction of sp³-hybridized carbons (Fsp3) is 0.522. The number of halogens is 16. The Morgan fingerprint density at radius 1 is 0.891 bits per heavy atom. The van der Waals surface area contributed by atoms with Crippen molar-refractivity contribution >= 4 is 17.5 Å². The van der Waals surface area contributed by atoms with Gasteiger partial charge in [0.25, 0.3) is 0 Å². The lowest BCUT2D eigenvalue weighted by atomic mass is 9.90. The molecular formula is C23H12ClF15N4O3. The minimum Gasteiger partial charge on any atom is -0.493 e. The first-order valence-corrected chi connectivity index (χ1v) is 12.4. The molecule has 2 aromatic rings. The first-order valence-electron chi connectivity index (χ1n) is 12.0. The highest BCUT2D eigenvalue weighted by atomic mass is 35.5. The zero-order chi connectivity index (χ0) is 35.5. The Morgan fingerprint density at radius 3 is 1.89 bits per heavy atom. The number of aromatic hydroxyl groups is 1. The van der Waals surface area contributed by atoms with Crippen molar-refractivity contribution in [2.75, 3.05) is 6.54 Å². The van der Waals surface area contributed by atoms with Crippen molar-refractivity contribution in [2.45, 2.75) is 67.1 Å². The molecule has 7 nitrogen and oxygen atoms in total. The fourth-order valence-electron chi connectivity index (χ4n) is 5.17. The van der Waals surface area contributed by atoms with Gasteiger partial charge in [0.1, 0.15) is 11.8 Å². The van der Waals surface area contributed by atoms with Gasteiger partial charge in [-0.05, 0) is 31.0 Å². The largest absolute Gasteiger partial charge is 0.493 e. The van der Waals surface area contributed by atoms with Crippen LogP contribution in [-0.2, 0) is 4.79 Å². The molecule has 1 fully saturated rings. The summed E-state index contributed by atoms with van der Waals surface area (Å²) >= 11 is 6.03. The van der Waals surface area contributed by atoms with Gasteiger partial charge >= 0.3 is 53.3 Å². The molecule has 1 saturated heterocycles. The molecule has 0 radical (unpaired) electrons. The molecule has 2 unspecified atom stereocenters. The van der Waals surface area contributed by atoms with Gasteiger partial charge in [-0.1, -0.05) is 11.6 Å². The summed E-state index contributed by atoms with van der Waals surface area (Å²) in [6.07, 6.45) is -8.43. The van der Waals surface area contributed by atoms with Gasteiger partial charge in [0.05, 0.1) is 28.4 Å². The third kappa shape index (κ3) is 4.08. The van der Waals surface area contributed by atoms with Crippen LogP contribution in [0.4, 0.5) is 65.9 Å². The standard InChI is InChI=1S/C23H12ClF15N4O3/c1-7-10(3-2-8(5-40)12(7)24)43-14(44)13-11-4-9(42(13)16(43)46)6-41(11)15(45)17(25,26)18(27,28)19(29,30)20(31,32)21(33,34)22(35,36)23(37,38)39/h2-3,9,11,44H,4,6H2,1H3. The molecule has 0 spiro atoms. The van der Waals surface area contributed by atoms with Crippen molar-refractivity contribution in [2.24, 2.45) is 0 Å². The Labute approximate surface area is 248 Å². The van der Waals surface area contributed by atoms with Crippen LogP contribution in [0.2, 0.25) is 5.02 Å². The Hall–Kier alpha value is -3.77. The number of rotatable bonds is 7. The lowest BCUT2D eigenvalue weighted by Gasteiger charge is -2.42. The maximum atomic E-state index is 14.7. The molecule has 2 atom stereocenters. The second-order valence-corrected chi connectivity index (χ2v) is 10.6. The van der Waals surface area contributed by atoms with Gasteiger partial charge in [-0.25, -0.2) is 9.36 Å². The maximum absolute atomic E-state index is 14.7. The summed E-state index contributed by atoms with van der Waals surface area (Å²) in [6.45, 7) is 0.00715. The van der Waals surface area contributed by atoms with E-state index in [4.69, 9.17) is 16.9 Å². The highest BCUT2D eigenvalue weighted by Crippen LogP contribution is 2.63. The van der Waals surface area contributed by atoms with Gasteiger partial charge in [-0.2, -0.15) is 71.1 Å². The number of fused-ring (bicyclic) bond motifs is 5. The number of nitrogens with zero attached hydrogens (tertiary/aromatic N) is 4. The fourth-order valence-corrected chi connectivity index (χ4v) is 5.37. The Balaban J connectivity index is 1.75. The summed E-state index contributed by atoms with van der Waals surface area (Å²) in [5.74, 6) is -53.6. The molecule has 0 aliphatic carbocycles. The van der Waals surface area contributed by atoms with Crippen LogP contribution in [0.1, 0.15) is 35.3 Å². The zero-order valence-electron chi connectivity index (χ0n) is 21.8. The number of aromatic nitrogens is 2. The molecule has 3 heterocycles. The molecule has 23 heteroatoms. The van der Waals surface area contributed by atoms with Crippen molar-refractivity contribution < 1.29 is 75.8 Å².